The summed E-state index contributed by atoms with van der Waals surface area (Å²) in [6.45, 7) is 0.308. The van der Waals surface area contributed by atoms with Crippen LogP contribution in [-0.4, -0.2) is 33.5 Å². The second kappa shape index (κ2) is 7.92. The molecule has 0 spiro atoms. The van der Waals surface area contributed by atoms with Crippen molar-refractivity contribution in [3.63, 3.8) is 0 Å². The minimum absolute atomic E-state index is 0.0777. The summed E-state index contributed by atoms with van der Waals surface area (Å²) in [5.74, 6) is 0.966. The number of ether oxygens (including phenoxy) is 1. The summed E-state index contributed by atoms with van der Waals surface area (Å²) >= 11 is 2.95. The van der Waals surface area contributed by atoms with E-state index in [-0.39, 0.29) is 6.10 Å². The lowest BCUT2D eigenvalue weighted by Crippen LogP contribution is -2.22. The van der Waals surface area contributed by atoms with E-state index in [4.69, 9.17) is 10.5 Å². The lowest BCUT2D eigenvalue weighted by Gasteiger charge is -2.26. The predicted molar refractivity (Wildman–Crippen MR) is 107 cm³/mol. The van der Waals surface area contributed by atoms with Gasteiger partial charge < -0.3 is 15.6 Å². The van der Waals surface area contributed by atoms with Gasteiger partial charge in [0.15, 0.2) is 5.16 Å². The third kappa shape index (κ3) is 3.86. The molecule has 7 heteroatoms. The monoisotopic (exact) mass is 387 g/mol. The van der Waals surface area contributed by atoms with E-state index < -0.39 is 6.10 Å². The Morgan fingerprint density at radius 1 is 1.31 bits per heavy atom. The first-order valence-electron chi connectivity index (χ1n) is 8.71. The molecular weight excluding hydrogens is 366 g/mol. The van der Waals surface area contributed by atoms with Crippen molar-refractivity contribution in [2.24, 2.45) is 0 Å². The highest BCUT2D eigenvalue weighted by Gasteiger charge is 2.21. The van der Waals surface area contributed by atoms with Crippen molar-refractivity contribution in [1.29, 1.82) is 0 Å². The number of nitrogens with zero attached hydrogens (tertiary/aromatic N) is 2. The highest BCUT2D eigenvalue weighted by molar-refractivity contribution is 7.99. The standard InChI is InChI=1S/C19H21N3O2S2/c20-17-15-8-9-25-18(15)22-19(21-17)26-11-13(23)10-24-16-7-3-5-12-4-1-2-6-14(12)16/h1-2,4,6,8-9,13,16,23H,3,5,7,10-11H2,(H2,20,21,22)/t13-,16-/m0/s1. The van der Waals surface area contributed by atoms with Crippen molar-refractivity contribution >= 4 is 39.1 Å². The Morgan fingerprint density at radius 3 is 3.12 bits per heavy atom. The molecule has 0 saturated heterocycles. The van der Waals surface area contributed by atoms with Gasteiger partial charge in [-0.25, -0.2) is 9.97 Å². The Bertz CT molecular complexity index is 899. The molecule has 1 aromatic carbocycles. The van der Waals surface area contributed by atoms with Crippen LogP contribution in [0.1, 0.15) is 30.1 Å². The smallest absolute Gasteiger partial charge is 0.190 e. The molecule has 3 N–H and O–H groups in total. The largest absolute Gasteiger partial charge is 0.390 e. The maximum absolute atomic E-state index is 10.3. The number of aromatic nitrogens is 2. The molecule has 0 bridgehead atoms. The maximum atomic E-state index is 10.3. The molecule has 0 saturated carbocycles. The van der Waals surface area contributed by atoms with Crippen LogP contribution in [0.3, 0.4) is 0 Å². The van der Waals surface area contributed by atoms with E-state index in [1.165, 1.54) is 22.9 Å². The van der Waals surface area contributed by atoms with Gasteiger partial charge in [0, 0.05) is 5.75 Å². The van der Waals surface area contributed by atoms with Gasteiger partial charge in [0.2, 0.25) is 0 Å². The Labute approximate surface area is 160 Å². The second-order valence-corrected chi connectivity index (χ2v) is 8.29. The number of aryl methyl sites for hydroxylation is 1. The van der Waals surface area contributed by atoms with Crippen molar-refractivity contribution in [1.82, 2.24) is 9.97 Å². The topological polar surface area (TPSA) is 81.3 Å². The number of nitrogens with two attached hydrogens (primary N) is 1. The number of anilines is 1. The molecule has 2 heterocycles. The molecule has 5 nitrogen and oxygen atoms in total. The number of nitrogen functional groups attached to an aromatic ring is 1. The molecule has 2 aromatic heterocycles. The summed E-state index contributed by atoms with van der Waals surface area (Å²) in [6.07, 6.45) is 2.75. The zero-order chi connectivity index (χ0) is 17.9. The summed E-state index contributed by atoms with van der Waals surface area (Å²) in [4.78, 5) is 9.67. The number of hydrogen-bond donors (Lipinski definition) is 2. The zero-order valence-electron chi connectivity index (χ0n) is 14.3. The molecule has 1 aliphatic rings. The first kappa shape index (κ1) is 17.7. The molecule has 0 amide bonds. The number of thioether (sulfide) groups is 1. The number of aliphatic hydroxyl groups excluding tert-OH is 1. The van der Waals surface area contributed by atoms with Crippen LogP contribution >= 0.6 is 23.1 Å². The second-order valence-electron chi connectivity index (χ2n) is 6.41. The molecule has 2 atom stereocenters. The van der Waals surface area contributed by atoms with Crippen LogP contribution in [0.2, 0.25) is 0 Å². The van der Waals surface area contributed by atoms with Gasteiger partial charge in [0.25, 0.3) is 0 Å². The van der Waals surface area contributed by atoms with E-state index in [9.17, 15) is 5.11 Å². The molecule has 0 radical (unpaired) electrons. The fourth-order valence-corrected chi connectivity index (χ4v) is 4.84. The predicted octanol–water partition coefficient (Wildman–Crippen LogP) is 3.82. The summed E-state index contributed by atoms with van der Waals surface area (Å²) in [5.41, 5.74) is 8.59. The van der Waals surface area contributed by atoms with Gasteiger partial charge in [0.1, 0.15) is 10.6 Å². The summed E-state index contributed by atoms with van der Waals surface area (Å²) in [7, 11) is 0. The van der Waals surface area contributed by atoms with Gasteiger partial charge in [-0.15, -0.1) is 11.3 Å². The van der Waals surface area contributed by atoms with Crippen molar-refractivity contribution in [2.45, 2.75) is 36.6 Å². The first-order chi connectivity index (χ1) is 12.7. The minimum atomic E-state index is -0.571. The third-order valence-corrected chi connectivity index (χ3v) is 6.34. The molecule has 26 heavy (non-hydrogen) atoms. The van der Waals surface area contributed by atoms with Crippen LogP contribution in [0.4, 0.5) is 5.82 Å². The maximum Gasteiger partial charge on any atom is 0.190 e. The molecule has 1 aliphatic carbocycles. The molecule has 3 aromatic rings. The van der Waals surface area contributed by atoms with Crippen molar-refractivity contribution in [2.75, 3.05) is 18.1 Å². The molecule has 4 rings (SSSR count). The highest BCUT2D eigenvalue weighted by atomic mass is 32.2. The van der Waals surface area contributed by atoms with Crippen LogP contribution in [0, 0.1) is 0 Å². The summed E-state index contributed by atoms with van der Waals surface area (Å²) < 4.78 is 6.01. The normalized spacial score (nSPS) is 18.0. The average Bonchev–Trinajstić information content (AvgIpc) is 3.14. The van der Waals surface area contributed by atoms with Crippen LogP contribution in [0.25, 0.3) is 10.2 Å². The number of thiophene rings is 1. The quantitative estimate of drug-likeness (QED) is 0.494. The van der Waals surface area contributed by atoms with E-state index in [1.807, 2.05) is 11.4 Å². The van der Waals surface area contributed by atoms with Crippen molar-refractivity contribution in [3.05, 3.63) is 46.8 Å². The van der Waals surface area contributed by atoms with E-state index in [1.54, 1.807) is 11.3 Å². The summed E-state index contributed by atoms with van der Waals surface area (Å²) in [5, 5.41) is 13.7. The fraction of sp³-hybridized carbons (Fsp3) is 0.368. The lowest BCUT2D eigenvalue weighted by atomic mass is 9.89. The van der Waals surface area contributed by atoms with Gasteiger partial charge in [-0.1, -0.05) is 36.0 Å². The number of hydrogen-bond acceptors (Lipinski definition) is 7. The molecule has 0 fully saturated rings. The third-order valence-electron chi connectivity index (χ3n) is 4.54. The van der Waals surface area contributed by atoms with Gasteiger partial charge >= 0.3 is 0 Å². The van der Waals surface area contributed by atoms with E-state index in [0.29, 0.717) is 23.3 Å². The highest BCUT2D eigenvalue weighted by Crippen LogP contribution is 2.32. The van der Waals surface area contributed by atoms with Crippen LogP contribution < -0.4 is 5.73 Å². The number of fused-ring (bicyclic) bond motifs is 2. The first-order valence-corrected chi connectivity index (χ1v) is 10.6. The average molecular weight is 388 g/mol. The SMILES string of the molecule is Nc1nc(SC[C@@H](O)CO[C@H]2CCCc3ccccc32)nc2sccc12. The lowest BCUT2D eigenvalue weighted by molar-refractivity contribution is -0.00960. The minimum Gasteiger partial charge on any atom is -0.390 e. The number of aliphatic hydroxyl groups is 1. The van der Waals surface area contributed by atoms with Crippen molar-refractivity contribution in [3.8, 4) is 0 Å². The van der Waals surface area contributed by atoms with Crippen LogP contribution in [0.15, 0.2) is 40.9 Å². The molecule has 136 valence electrons. The van der Waals surface area contributed by atoms with Gasteiger partial charge in [0.05, 0.1) is 24.2 Å². The van der Waals surface area contributed by atoms with Crippen LogP contribution in [-0.2, 0) is 11.2 Å². The Hall–Kier alpha value is -1.67. The number of benzene rings is 1. The van der Waals surface area contributed by atoms with E-state index >= 15 is 0 Å². The Kier molecular flexibility index (Phi) is 5.40. The van der Waals surface area contributed by atoms with Gasteiger partial charge in [-0.2, -0.15) is 0 Å². The Morgan fingerprint density at radius 2 is 2.19 bits per heavy atom. The molecular formula is C19H21N3O2S2. The molecule has 0 unspecified atom stereocenters. The van der Waals surface area contributed by atoms with E-state index in [0.717, 1.165) is 29.5 Å². The van der Waals surface area contributed by atoms with E-state index in [2.05, 4.69) is 34.2 Å². The van der Waals surface area contributed by atoms with Gasteiger partial charge in [-0.05, 0) is 41.8 Å². The fourth-order valence-electron chi connectivity index (χ4n) is 3.25. The number of rotatable bonds is 6. The van der Waals surface area contributed by atoms with Crippen molar-refractivity contribution < 1.29 is 9.84 Å². The summed E-state index contributed by atoms with van der Waals surface area (Å²) in [6, 6.07) is 10.3. The van der Waals surface area contributed by atoms with Crippen LogP contribution in [0.5, 0.6) is 0 Å². The Balaban J connectivity index is 1.32. The van der Waals surface area contributed by atoms with Gasteiger partial charge in [-0.3, -0.25) is 0 Å². The molecule has 0 aliphatic heterocycles. The zero-order valence-corrected chi connectivity index (χ0v) is 15.9.